The Morgan fingerprint density at radius 3 is 2.32 bits per heavy atom. The Balaban J connectivity index is 1.87. The minimum absolute atomic E-state index is 0.198. The maximum absolute atomic E-state index is 12.3. The molecule has 0 saturated heterocycles. The van der Waals surface area contributed by atoms with E-state index in [1.54, 1.807) is 24.3 Å². The molecule has 0 aliphatic rings. The number of urea groups is 1. The molecule has 0 aromatic heterocycles. The second-order valence-corrected chi connectivity index (χ2v) is 5.86. The highest BCUT2D eigenvalue weighted by Gasteiger charge is 2.22. The minimum Gasteiger partial charge on any atom is -0.494 e. The highest BCUT2D eigenvalue weighted by molar-refractivity contribution is 5.93. The molecule has 0 radical (unpaired) electrons. The molecule has 0 fully saturated rings. The van der Waals surface area contributed by atoms with E-state index in [0.29, 0.717) is 18.0 Å². The number of esters is 1. The molecule has 2 rings (SSSR count). The second-order valence-electron chi connectivity index (χ2n) is 5.86. The van der Waals surface area contributed by atoms with Crippen molar-refractivity contribution in [2.24, 2.45) is 5.73 Å². The third-order valence-electron chi connectivity index (χ3n) is 3.68. The lowest BCUT2D eigenvalue weighted by Gasteiger charge is -2.16. The summed E-state index contributed by atoms with van der Waals surface area (Å²) < 4.78 is 10.4. The Kier molecular flexibility index (Phi) is 7.83. The Hall–Kier alpha value is -3.55. The Morgan fingerprint density at radius 2 is 1.71 bits per heavy atom. The van der Waals surface area contributed by atoms with Crippen LogP contribution in [0.2, 0.25) is 0 Å². The largest absolute Gasteiger partial charge is 0.494 e. The number of benzene rings is 2. The quantitative estimate of drug-likeness (QED) is 0.569. The lowest BCUT2D eigenvalue weighted by atomic mass is 10.1. The first-order chi connectivity index (χ1) is 13.5. The molecule has 3 amide bonds. The third-order valence-corrected chi connectivity index (χ3v) is 3.68. The number of primary amides is 1. The molecule has 1 atom stereocenters. The van der Waals surface area contributed by atoms with E-state index in [1.807, 2.05) is 37.3 Å². The molecule has 0 bridgehead atoms. The lowest BCUT2D eigenvalue weighted by molar-refractivity contribution is -0.149. The molecule has 8 heteroatoms. The van der Waals surface area contributed by atoms with Crippen LogP contribution in [0.4, 0.5) is 10.5 Å². The highest BCUT2D eigenvalue weighted by atomic mass is 16.5. The van der Waals surface area contributed by atoms with Crippen LogP contribution >= 0.6 is 0 Å². The van der Waals surface area contributed by atoms with Crippen LogP contribution in [0.5, 0.6) is 5.75 Å². The Labute approximate surface area is 163 Å². The van der Waals surface area contributed by atoms with Crippen LogP contribution in [0, 0.1) is 0 Å². The van der Waals surface area contributed by atoms with Crippen molar-refractivity contribution in [2.45, 2.75) is 19.4 Å². The van der Waals surface area contributed by atoms with Crippen LogP contribution in [0.1, 0.15) is 12.5 Å². The van der Waals surface area contributed by atoms with Crippen molar-refractivity contribution < 1.29 is 23.9 Å². The summed E-state index contributed by atoms with van der Waals surface area (Å²) in [5.74, 6) is -0.562. The average molecular weight is 385 g/mol. The first-order valence-electron chi connectivity index (χ1n) is 8.77. The maximum atomic E-state index is 12.3. The van der Waals surface area contributed by atoms with E-state index in [4.69, 9.17) is 15.2 Å². The van der Waals surface area contributed by atoms with E-state index in [-0.39, 0.29) is 6.42 Å². The summed E-state index contributed by atoms with van der Waals surface area (Å²) in [6, 6.07) is 14.0. The van der Waals surface area contributed by atoms with Crippen molar-refractivity contribution >= 4 is 23.6 Å². The molecule has 0 aliphatic carbocycles. The fraction of sp³-hybridized carbons (Fsp3) is 0.250. The lowest BCUT2D eigenvalue weighted by Crippen LogP contribution is -2.46. The number of nitrogens with one attached hydrogen (secondary N) is 2. The van der Waals surface area contributed by atoms with Gasteiger partial charge in [-0.2, -0.15) is 0 Å². The zero-order valence-electron chi connectivity index (χ0n) is 15.5. The molecule has 2 aromatic rings. The summed E-state index contributed by atoms with van der Waals surface area (Å²) in [6.07, 6.45) is 0.198. The number of nitrogens with two attached hydrogens (primary N) is 1. The number of hydrogen-bond donors (Lipinski definition) is 3. The van der Waals surface area contributed by atoms with Gasteiger partial charge in [0.1, 0.15) is 11.8 Å². The van der Waals surface area contributed by atoms with Gasteiger partial charge in [-0.1, -0.05) is 30.3 Å². The molecule has 0 heterocycles. The molecule has 0 unspecified atom stereocenters. The van der Waals surface area contributed by atoms with Gasteiger partial charge in [0.05, 0.1) is 6.61 Å². The first kappa shape index (κ1) is 20.8. The number of rotatable bonds is 9. The number of carbonyl (C=O) groups excluding carboxylic acids is 3. The van der Waals surface area contributed by atoms with Crippen molar-refractivity contribution in [1.82, 2.24) is 5.32 Å². The molecular formula is C20H23N3O5. The van der Waals surface area contributed by atoms with Crippen LogP contribution in [0.15, 0.2) is 54.6 Å². The van der Waals surface area contributed by atoms with Gasteiger partial charge in [-0.05, 0) is 36.8 Å². The third kappa shape index (κ3) is 6.99. The predicted octanol–water partition coefficient (Wildman–Crippen LogP) is 1.85. The van der Waals surface area contributed by atoms with E-state index in [2.05, 4.69) is 10.6 Å². The van der Waals surface area contributed by atoms with Crippen molar-refractivity contribution in [3.63, 3.8) is 0 Å². The van der Waals surface area contributed by atoms with E-state index in [1.165, 1.54) is 0 Å². The van der Waals surface area contributed by atoms with Crippen LogP contribution in [-0.4, -0.2) is 37.2 Å². The number of anilines is 1. The number of hydrogen-bond acceptors (Lipinski definition) is 5. The van der Waals surface area contributed by atoms with E-state index in [0.717, 1.165) is 5.56 Å². The topological polar surface area (TPSA) is 120 Å². The zero-order chi connectivity index (χ0) is 20.4. The van der Waals surface area contributed by atoms with Gasteiger partial charge in [0.15, 0.2) is 6.61 Å². The molecule has 8 nitrogen and oxygen atoms in total. The minimum atomic E-state index is -0.988. The van der Waals surface area contributed by atoms with E-state index >= 15 is 0 Å². The first-order valence-corrected chi connectivity index (χ1v) is 8.77. The van der Waals surface area contributed by atoms with Gasteiger partial charge < -0.3 is 25.8 Å². The van der Waals surface area contributed by atoms with E-state index in [9.17, 15) is 14.4 Å². The van der Waals surface area contributed by atoms with Gasteiger partial charge >= 0.3 is 12.0 Å². The molecular weight excluding hydrogens is 362 g/mol. The van der Waals surface area contributed by atoms with Crippen LogP contribution < -0.4 is 21.1 Å². The maximum Gasteiger partial charge on any atom is 0.329 e. The normalized spacial score (nSPS) is 11.2. The second kappa shape index (κ2) is 10.6. The average Bonchev–Trinajstić information content (AvgIpc) is 2.68. The fourth-order valence-electron chi connectivity index (χ4n) is 2.45. The van der Waals surface area contributed by atoms with Crippen LogP contribution in [-0.2, 0) is 20.7 Å². The molecule has 28 heavy (non-hydrogen) atoms. The molecule has 4 N–H and O–H groups in total. The zero-order valence-corrected chi connectivity index (χ0v) is 15.5. The summed E-state index contributed by atoms with van der Waals surface area (Å²) in [6.45, 7) is 1.94. The Bertz CT molecular complexity index is 793. The number of amides is 3. The van der Waals surface area contributed by atoms with Crippen LogP contribution in [0.25, 0.3) is 0 Å². The van der Waals surface area contributed by atoms with Gasteiger partial charge in [0.2, 0.25) is 0 Å². The summed E-state index contributed by atoms with van der Waals surface area (Å²) in [7, 11) is 0. The number of carbonyl (C=O) groups is 3. The smallest absolute Gasteiger partial charge is 0.329 e. The van der Waals surface area contributed by atoms with Crippen molar-refractivity contribution in [3.05, 3.63) is 60.2 Å². The molecule has 0 saturated carbocycles. The van der Waals surface area contributed by atoms with Gasteiger partial charge in [-0.25, -0.2) is 9.59 Å². The van der Waals surface area contributed by atoms with Gasteiger partial charge in [0.25, 0.3) is 5.91 Å². The molecule has 148 valence electrons. The monoisotopic (exact) mass is 385 g/mol. The summed E-state index contributed by atoms with van der Waals surface area (Å²) in [5, 5.41) is 4.95. The summed E-state index contributed by atoms with van der Waals surface area (Å²) in [4.78, 5) is 35.4. The van der Waals surface area contributed by atoms with Crippen molar-refractivity contribution in [1.29, 1.82) is 0 Å². The summed E-state index contributed by atoms with van der Waals surface area (Å²) >= 11 is 0. The number of ether oxygens (including phenoxy) is 2. The molecule has 0 aliphatic heterocycles. The van der Waals surface area contributed by atoms with Crippen LogP contribution in [0.3, 0.4) is 0 Å². The van der Waals surface area contributed by atoms with Crippen molar-refractivity contribution in [2.75, 3.05) is 18.5 Å². The fourth-order valence-corrected chi connectivity index (χ4v) is 2.45. The standard InChI is InChI=1S/C20H23N3O5/c1-2-27-16-10-8-15(9-11-16)22-18(24)13-28-19(25)17(23-20(21)26)12-14-6-4-3-5-7-14/h3-11,17H,2,12-13H2,1H3,(H,22,24)(H3,21,23,26)/t17-/m0/s1. The van der Waals surface area contributed by atoms with Gasteiger partial charge in [-0.15, -0.1) is 0 Å². The van der Waals surface area contributed by atoms with Gasteiger partial charge in [-0.3, -0.25) is 4.79 Å². The van der Waals surface area contributed by atoms with Gasteiger partial charge in [0, 0.05) is 12.1 Å². The molecule has 2 aromatic carbocycles. The summed E-state index contributed by atoms with van der Waals surface area (Å²) in [5.41, 5.74) is 6.49. The molecule has 0 spiro atoms. The van der Waals surface area contributed by atoms with Crippen molar-refractivity contribution in [3.8, 4) is 5.75 Å². The Morgan fingerprint density at radius 1 is 1.04 bits per heavy atom. The predicted molar refractivity (Wildman–Crippen MR) is 104 cm³/mol. The highest BCUT2D eigenvalue weighted by Crippen LogP contribution is 2.15. The SMILES string of the molecule is CCOc1ccc(NC(=O)COC(=O)[C@H](Cc2ccccc2)NC(N)=O)cc1. The van der Waals surface area contributed by atoms with E-state index < -0.39 is 30.6 Å².